The first-order chi connectivity index (χ1) is 9.83. The van der Waals surface area contributed by atoms with Gasteiger partial charge in [-0.1, -0.05) is 19.8 Å². The fraction of sp³-hybridized carbons (Fsp3) is 0.750. The molecule has 5 heteroatoms. The Morgan fingerprint density at radius 2 is 1.90 bits per heavy atom. The highest BCUT2D eigenvalue weighted by Crippen LogP contribution is 2.21. The molecule has 0 bridgehead atoms. The molecule has 0 unspecified atom stereocenters. The Kier molecular flexibility index (Phi) is 6.89. The molecule has 0 amide bonds. The summed E-state index contributed by atoms with van der Waals surface area (Å²) in [5, 5.41) is 13.1. The topological polar surface area (TPSA) is 84.1 Å². The van der Waals surface area contributed by atoms with E-state index in [1.807, 2.05) is 20.8 Å². The number of anilines is 2. The molecule has 0 fully saturated rings. The van der Waals surface area contributed by atoms with Crippen LogP contribution in [0.15, 0.2) is 0 Å². The van der Waals surface area contributed by atoms with Crippen LogP contribution in [0.3, 0.4) is 0 Å². The number of rotatable bonds is 9. The van der Waals surface area contributed by atoms with Crippen LogP contribution in [0.2, 0.25) is 0 Å². The molecule has 0 atom stereocenters. The van der Waals surface area contributed by atoms with E-state index in [4.69, 9.17) is 5.73 Å². The van der Waals surface area contributed by atoms with E-state index < -0.39 is 5.60 Å². The first-order valence-corrected chi connectivity index (χ1v) is 7.92. The average molecular weight is 294 g/mol. The maximum atomic E-state index is 9.75. The van der Waals surface area contributed by atoms with E-state index in [-0.39, 0.29) is 0 Å². The van der Waals surface area contributed by atoms with Crippen molar-refractivity contribution in [1.29, 1.82) is 0 Å². The number of nitrogens with zero attached hydrogens (tertiary/aromatic N) is 2. The highest BCUT2D eigenvalue weighted by atomic mass is 16.3. The van der Waals surface area contributed by atoms with E-state index >= 15 is 0 Å². The van der Waals surface area contributed by atoms with Gasteiger partial charge in [-0.2, -0.15) is 4.98 Å². The van der Waals surface area contributed by atoms with Gasteiger partial charge in [0.15, 0.2) is 0 Å². The largest absolute Gasteiger partial charge is 0.390 e. The van der Waals surface area contributed by atoms with Crippen LogP contribution in [-0.4, -0.2) is 27.2 Å². The number of unbranched alkanes of at least 4 members (excludes halogenated alkanes) is 2. The van der Waals surface area contributed by atoms with Gasteiger partial charge in [0.25, 0.3) is 0 Å². The summed E-state index contributed by atoms with van der Waals surface area (Å²) in [5.74, 6) is 1.20. The van der Waals surface area contributed by atoms with Gasteiger partial charge in [-0.3, -0.25) is 0 Å². The molecule has 0 saturated heterocycles. The highest BCUT2D eigenvalue weighted by Gasteiger charge is 2.13. The molecular weight excluding hydrogens is 264 g/mol. The summed E-state index contributed by atoms with van der Waals surface area (Å²) in [5.41, 5.74) is 7.26. The van der Waals surface area contributed by atoms with E-state index in [0.717, 1.165) is 62.1 Å². The number of aliphatic hydroxyl groups is 1. The van der Waals surface area contributed by atoms with Gasteiger partial charge in [-0.25, -0.2) is 4.98 Å². The predicted molar refractivity (Wildman–Crippen MR) is 88.4 cm³/mol. The van der Waals surface area contributed by atoms with Gasteiger partial charge in [0.05, 0.1) is 5.60 Å². The molecule has 0 aliphatic heterocycles. The first kappa shape index (κ1) is 17.7. The summed E-state index contributed by atoms with van der Waals surface area (Å²) in [4.78, 5) is 8.61. The third kappa shape index (κ3) is 6.76. The van der Waals surface area contributed by atoms with Crippen molar-refractivity contribution in [3.05, 3.63) is 11.3 Å². The minimum absolute atomic E-state index is 0.326. The average Bonchev–Trinajstić information content (AvgIpc) is 2.35. The molecule has 0 aliphatic carbocycles. The molecule has 1 aromatic heterocycles. The van der Waals surface area contributed by atoms with Crippen LogP contribution >= 0.6 is 0 Å². The molecule has 5 nitrogen and oxygen atoms in total. The lowest BCUT2D eigenvalue weighted by atomic mass is 9.99. The van der Waals surface area contributed by atoms with Crippen LogP contribution in [-0.2, 0) is 6.42 Å². The lowest BCUT2D eigenvalue weighted by Gasteiger charge is -2.17. The molecule has 120 valence electrons. The Labute approximate surface area is 128 Å². The van der Waals surface area contributed by atoms with Crippen molar-refractivity contribution in [2.75, 3.05) is 17.6 Å². The third-order valence-corrected chi connectivity index (χ3v) is 3.52. The number of aromatic nitrogens is 2. The Morgan fingerprint density at radius 3 is 2.52 bits per heavy atom. The zero-order chi connectivity index (χ0) is 15.9. The Morgan fingerprint density at radius 1 is 1.19 bits per heavy atom. The maximum absolute atomic E-state index is 9.75. The van der Waals surface area contributed by atoms with Crippen molar-refractivity contribution >= 4 is 11.8 Å². The van der Waals surface area contributed by atoms with Gasteiger partial charge in [-0.15, -0.1) is 0 Å². The normalized spacial score (nSPS) is 11.7. The van der Waals surface area contributed by atoms with E-state index in [9.17, 15) is 5.11 Å². The van der Waals surface area contributed by atoms with Gasteiger partial charge >= 0.3 is 0 Å². The van der Waals surface area contributed by atoms with Crippen molar-refractivity contribution in [3.63, 3.8) is 0 Å². The summed E-state index contributed by atoms with van der Waals surface area (Å²) >= 11 is 0. The van der Waals surface area contributed by atoms with Crippen LogP contribution < -0.4 is 11.1 Å². The van der Waals surface area contributed by atoms with E-state index in [0.29, 0.717) is 5.95 Å². The van der Waals surface area contributed by atoms with Crippen molar-refractivity contribution in [2.45, 2.75) is 71.8 Å². The van der Waals surface area contributed by atoms with Crippen LogP contribution in [0.1, 0.15) is 64.1 Å². The molecule has 0 spiro atoms. The number of aryl methyl sites for hydroxylation is 1. The van der Waals surface area contributed by atoms with Gasteiger partial charge in [0.2, 0.25) is 5.95 Å². The molecular formula is C16H30N4O. The molecule has 0 saturated carbocycles. The summed E-state index contributed by atoms with van der Waals surface area (Å²) in [6, 6.07) is 0. The molecule has 4 N–H and O–H groups in total. The standard InChI is InChI=1S/C16H30N4O/c1-5-6-11-18-14-13(12(2)19-15(17)20-14)9-7-8-10-16(3,4)21/h21H,5-11H2,1-4H3,(H3,17,18,19,20). The Balaban J connectivity index is 2.65. The van der Waals surface area contributed by atoms with Crippen molar-refractivity contribution < 1.29 is 5.11 Å². The van der Waals surface area contributed by atoms with E-state index in [1.165, 1.54) is 0 Å². The predicted octanol–water partition coefficient (Wildman–Crippen LogP) is 3.06. The molecule has 0 aliphatic rings. The van der Waals surface area contributed by atoms with Gasteiger partial charge in [0, 0.05) is 17.8 Å². The zero-order valence-corrected chi connectivity index (χ0v) is 13.9. The van der Waals surface area contributed by atoms with Crippen LogP contribution in [0.4, 0.5) is 11.8 Å². The minimum Gasteiger partial charge on any atom is -0.390 e. The molecule has 1 rings (SSSR count). The second-order valence-corrected chi connectivity index (χ2v) is 6.29. The summed E-state index contributed by atoms with van der Waals surface area (Å²) in [6.07, 6.45) is 5.98. The van der Waals surface area contributed by atoms with Crippen LogP contribution in [0, 0.1) is 6.92 Å². The summed E-state index contributed by atoms with van der Waals surface area (Å²) < 4.78 is 0. The lowest BCUT2D eigenvalue weighted by molar-refractivity contribution is 0.0682. The summed E-state index contributed by atoms with van der Waals surface area (Å²) in [7, 11) is 0. The van der Waals surface area contributed by atoms with Gasteiger partial charge in [0.1, 0.15) is 5.82 Å². The smallest absolute Gasteiger partial charge is 0.222 e. The molecule has 1 aromatic rings. The van der Waals surface area contributed by atoms with Crippen molar-refractivity contribution in [2.24, 2.45) is 0 Å². The third-order valence-electron chi connectivity index (χ3n) is 3.52. The lowest BCUT2D eigenvalue weighted by Crippen LogP contribution is -2.18. The van der Waals surface area contributed by atoms with Crippen LogP contribution in [0.5, 0.6) is 0 Å². The van der Waals surface area contributed by atoms with Crippen molar-refractivity contribution in [3.8, 4) is 0 Å². The maximum Gasteiger partial charge on any atom is 0.222 e. The number of nitrogens with one attached hydrogen (secondary N) is 1. The number of hydrogen-bond donors (Lipinski definition) is 3. The van der Waals surface area contributed by atoms with Gasteiger partial charge in [-0.05, 0) is 46.5 Å². The molecule has 0 aromatic carbocycles. The second kappa shape index (κ2) is 8.17. The van der Waals surface area contributed by atoms with E-state index in [2.05, 4.69) is 22.2 Å². The number of hydrogen-bond acceptors (Lipinski definition) is 5. The van der Waals surface area contributed by atoms with E-state index in [1.54, 1.807) is 0 Å². The van der Waals surface area contributed by atoms with Crippen molar-refractivity contribution in [1.82, 2.24) is 9.97 Å². The minimum atomic E-state index is -0.588. The number of nitrogen functional groups attached to an aromatic ring is 1. The summed E-state index contributed by atoms with van der Waals surface area (Å²) in [6.45, 7) is 8.75. The zero-order valence-electron chi connectivity index (χ0n) is 13.9. The monoisotopic (exact) mass is 294 g/mol. The van der Waals surface area contributed by atoms with Crippen LogP contribution in [0.25, 0.3) is 0 Å². The quantitative estimate of drug-likeness (QED) is 0.610. The fourth-order valence-corrected chi connectivity index (χ4v) is 2.31. The first-order valence-electron chi connectivity index (χ1n) is 7.92. The SMILES string of the molecule is CCCCNc1nc(N)nc(C)c1CCCCC(C)(C)O. The Bertz CT molecular complexity index is 441. The fourth-order valence-electron chi connectivity index (χ4n) is 2.31. The van der Waals surface area contributed by atoms with Gasteiger partial charge < -0.3 is 16.2 Å². The second-order valence-electron chi connectivity index (χ2n) is 6.29. The molecule has 1 heterocycles. The number of nitrogens with two attached hydrogens (primary N) is 1. The Hall–Kier alpha value is -1.36. The highest BCUT2D eigenvalue weighted by molar-refractivity contribution is 5.49. The molecule has 0 radical (unpaired) electrons. The molecule has 21 heavy (non-hydrogen) atoms.